The normalized spacial score (nSPS) is 16.6. The zero-order chi connectivity index (χ0) is 14.4. The highest BCUT2D eigenvalue weighted by atomic mass is 19.1. The Morgan fingerprint density at radius 3 is 2.65 bits per heavy atom. The fourth-order valence-corrected chi connectivity index (χ4v) is 2.06. The summed E-state index contributed by atoms with van der Waals surface area (Å²) in [6.45, 7) is 3.32. The van der Waals surface area contributed by atoms with Crippen molar-refractivity contribution < 1.29 is 14.2 Å². The summed E-state index contributed by atoms with van der Waals surface area (Å²) in [5.74, 6) is 0.534. The van der Waals surface area contributed by atoms with Gasteiger partial charge in [0.25, 0.3) is 0 Å². The van der Waals surface area contributed by atoms with Crippen molar-refractivity contribution in [3.05, 3.63) is 35.6 Å². The molecule has 0 spiro atoms. The second-order valence-electron chi connectivity index (χ2n) is 5.68. The molecule has 0 saturated heterocycles. The Hall–Kier alpha value is -0.970. The Kier molecular flexibility index (Phi) is 5.95. The van der Waals surface area contributed by atoms with Crippen LogP contribution in [0.15, 0.2) is 24.3 Å². The first-order valence-electron chi connectivity index (χ1n) is 7.35. The van der Waals surface area contributed by atoms with E-state index in [0.717, 1.165) is 37.8 Å². The molecule has 1 aliphatic rings. The Bertz CT molecular complexity index is 392. The van der Waals surface area contributed by atoms with E-state index < -0.39 is 6.10 Å². The molecular formula is C16H24FNO2. The van der Waals surface area contributed by atoms with Gasteiger partial charge in [-0.1, -0.05) is 12.1 Å². The van der Waals surface area contributed by atoms with Crippen LogP contribution in [0.2, 0.25) is 0 Å². The lowest BCUT2D eigenvalue weighted by atomic mass is 10.1. The van der Waals surface area contributed by atoms with Crippen LogP contribution in [-0.2, 0) is 4.74 Å². The molecule has 1 N–H and O–H groups in total. The molecule has 20 heavy (non-hydrogen) atoms. The van der Waals surface area contributed by atoms with Gasteiger partial charge in [0.2, 0.25) is 0 Å². The lowest BCUT2D eigenvalue weighted by molar-refractivity contribution is 0.0948. The van der Waals surface area contributed by atoms with Gasteiger partial charge in [0.05, 0.1) is 12.7 Å². The van der Waals surface area contributed by atoms with Crippen molar-refractivity contribution in [1.29, 1.82) is 0 Å². The first-order valence-corrected chi connectivity index (χ1v) is 7.35. The van der Waals surface area contributed by atoms with E-state index in [0.29, 0.717) is 6.42 Å². The maximum Gasteiger partial charge on any atom is 0.123 e. The minimum atomic E-state index is -0.537. The summed E-state index contributed by atoms with van der Waals surface area (Å²) in [7, 11) is 2.03. The maximum absolute atomic E-state index is 12.8. The monoisotopic (exact) mass is 281 g/mol. The van der Waals surface area contributed by atoms with Crippen LogP contribution >= 0.6 is 0 Å². The van der Waals surface area contributed by atoms with Crippen molar-refractivity contribution in [3.8, 4) is 0 Å². The molecule has 1 fully saturated rings. The molecule has 112 valence electrons. The Balaban J connectivity index is 1.59. The summed E-state index contributed by atoms with van der Waals surface area (Å²) >= 11 is 0. The van der Waals surface area contributed by atoms with E-state index in [1.165, 1.54) is 25.0 Å². The van der Waals surface area contributed by atoms with Gasteiger partial charge < -0.3 is 14.7 Å². The van der Waals surface area contributed by atoms with E-state index in [2.05, 4.69) is 4.90 Å². The number of nitrogens with zero attached hydrogens (tertiary/aromatic N) is 1. The number of hydrogen-bond acceptors (Lipinski definition) is 3. The van der Waals surface area contributed by atoms with Gasteiger partial charge in [-0.15, -0.1) is 0 Å². The molecule has 0 heterocycles. The third kappa shape index (κ3) is 5.57. The van der Waals surface area contributed by atoms with E-state index in [1.807, 2.05) is 7.05 Å². The van der Waals surface area contributed by atoms with Gasteiger partial charge >= 0.3 is 0 Å². The highest BCUT2D eigenvalue weighted by molar-refractivity contribution is 5.18. The number of likely N-dealkylation sites (N-methyl/N-ethyl adjacent to an activating group) is 1. The molecular weight excluding hydrogens is 257 g/mol. The Morgan fingerprint density at radius 1 is 1.30 bits per heavy atom. The molecule has 1 aromatic rings. The summed E-state index contributed by atoms with van der Waals surface area (Å²) in [6.07, 6.45) is 2.75. The van der Waals surface area contributed by atoms with E-state index in [-0.39, 0.29) is 5.82 Å². The Morgan fingerprint density at radius 2 is 2.00 bits per heavy atom. The summed E-state index contributed by atoms with van der Waals surface area (Å²) in [6, 6.07) is 6.04. The molecule has 0 amide bonds. The second kappa shape index (κ2) is 7.72. The van der Waals surface area contributed by atoms with Crippen LogP contribution in [0.25, 0.3) is 0 Å². The van der Waals surface area contributed by atoms with Crippen molar-refractivity contribution in [2.24, 2.45) is 5.92 Å². The molecule has 1 aliphatic carbocycles. The van der Waals surface area contributed by atoms with E-state index in [4.69, 9.17) is 4.74 Å². The molecule has 4 heteroatoms. The molecule has 2 rings (SSSR count). The SMILES string of the molecule is CN(CCOCC1CC1)CCC(O)c1ccc(F)cc1. The smallest absolute Gasteiger partial charge is 0.123 e. The van der Waals surface area contributed by atoms with Gasteiger partial charge in [-0.2, -0.15) is 0 Å². The van der Waals surface area contributed by atoms with Gasteiger partial charge in [-0.3, -0.25) is 0 Å². The van der Waals surface area contributed by atoms with Crippen LogP contribution in [0.3, 0.4) is 0 Å². The minimum absolute atomic E-state index is 0.272. The first-order chi connectivity index (χ1) is 9.65. The van der Waals surface area contributed by atoms with Crippen LogP contribution < -0.4 is 0 Å². The average molecular weight is 281 g/mol. The predicted octanol–water partition coefficient (Wildman–Crippen LogP) is 2.61. The highest BCUT2D eigenvalue weighted by Crippen LogP contribution is 2.28. The molecule has 0 aliphatic heterocycles. The van der Waals surface area contributed by atoms with E-state index in [1.54, 1.807) is 12.1 Å². The van der Waals surface area contributed by atoms with Crippen LogP contribution in [0.4, 0.5) is 4.39 Å². The number of benzene rings is 1. The van der Waals surface area contributed by atoms with Gasteiger partial charge in [-0.25, -0.2) is 4.39 Å². The maximum atomic E-state index is 12.8. The van der Waals surface area contributed by atoms with Crippen LogP contribution in [0, 0.1) is 11.7 Å². The number of aliphatic hydroxyl groups excluding tert-OH is 1. The van der Waals surface area contributed by atoms with Gasteiger partial charge in [-0.05, 0) is 49.9 Å². The summed E-state index contributed by atoms with van der Waals surface area (Å²) in [4.78, 5) is 2.15. The van der Waals surface area contributed by atoms with E-state index >= 15 is 0 Å². The third-order valence-electron chi connectivity index (χ3n) is 3.71. The number of hydrogen-bond donors (Lipinski definition) is 1. The predicted molar refractivity (Wildman–Crippen MR) is 77.0 cm³/mol. The zero-order valence-electron chi connectivity index (χ0n) is 12.1. The number of ether oxygens (including phenoxy) is 1. The molecule has 0 aromatic heterocycles. The second-order valence-corrected chi connectivity index (χ2v) is 5.68. The first kappa shape index (κ1) is 15.4. The van der Waals surface area contributed by atoms with E-state index in [9.17, 15) is 9.50 Å². The van der Waals surface area contributed by atoms with Gasteiger partial charge in [0.1, 0.15) is 5.82 Å². The average Bonchev–Trinajstić information content (AvgIpc) is 3.26. The van der Waals surface area contributed by atoms with Crippen molar-refractivity contribution >= 4 is 0 Å². The summed E-state index contributed by atoms with van der Waals surface area (Å²) in [5, 5.41) is 10.0. The fourth-order valence-electron chi connectivity index (χ4n) is 2.06. The van der Waals surface area contributed by atoms with Crippen molar-refractivity contribution in [2.45, 2.75) is 25.4 Å². The summed E-state index contributed by atoms with van der Waals surface area (Å²) < 4.78 is 18.4. The Labute approximate surface area is 120 Å². The van der Waals surface area contributed by atoms with Crippen LogP contribution in [0.5, 0.6) is 0 Å². The molecule has 0 bridgehead atoms. The molecule has 1 saturated carbocycles. The van der Waals surface area contributed by atoms with Crippen LogP contribution in [0.1, 0.15) is 30.9 Å². The van der Waals surface area contributed by atoms with Gasteiger partial charge in [0.15, 0.2) is 0 Å². The molecule has 1 aromatic carbocycles. The fraction of sp³-hybridized carbons (Fsp3) is 0.625. The summed E-state index contributed by atoms with van der Waals surface area (Å²) in [5.41, 5.74) is 0.768. The minimum Gasteiger partial charge on any atom is -0.388 e. The standard InChI is InChI=1S/C16H24FNO2/c1-18(10-11-20-12-13-2-3-13)9-8-16(19)14-4-6-15(17)7-5-14/h4-7,13,16,19H,2-3,8-12H2,1H3. The molecule has 3 nitrogen and oxygen atoms in total. The number of aliphatic hydroxyl groups is 1. The number of rotatable bonds is 9. The largest absolute Gasteiger partial charge is 0.388 e. The lowest BCUT2D eigenvalue weighted by Gasteiger charge is -2.19. The quantitative estimate of drug-likeness (QED) is 0.706. The van der Waals surface area contributed by atoms with Crippen molar-refractivity contribution in [3.63, 3.8) is 0 Å². The highest BCUT2D eigenvalue weighted by Gasteiger charge is 2.20. The van der Waals surface area contributed by atoms with Gasteiger partial charge in [0, 0.05) is 19.7 Å². The molecule has 1 unspecified atom stereocenters. The molecule has 1 atom stereocenters. The van der Waals surface area contributed by atoms with Crippen molar-refractivity contribution in [2.75, 3.05) is 33.4 Å². The molecule has 0 radical (unpaired) electrons. The van der Waals surface area contributed by atoms with Crippen LogP contribution in [-0.4, -0.2) is 43.4 Å². The topological polar surface area (TPSA) is 32.7 Å². The van der Waals surface area contributed by atoms with Crippen molar-refractivity contribution in [1.82, 2.24) is 4.90 Å². The number of halogens is 1. The lowest BCUT2D eigenvalue weighted by Crippen LogP contribution is -2.25. The zero-order valence-corrected chi connectivity index (χ0v) is 12.1. The third-order valence-corrected chi connectivity index (χ3v) is 3.71.